The van der Waals surface area contributed by atoms with Crippen molar-refractivity contribution in [3.8, 4) is 5.75 Å². The SMILES string of the molecule is Nc1ncccc1OCc1cc(F)ccc1Br. The Labute approximate surface area is 107 Å². The summed E-state index contributed by atoms with van der Waals surface area (Å²) >= 11 is 3.33. The number of rotatable bonds is 3. The minimum absolute atomic E-state index is 0.230. The number of halogens is 2. The highest BCUT2D eigenvalue weighted by molar-refractivity contribution is 9.10. The van der Waals surface area contributed by atoms with Crippen molar-refractivity contribution in [1.82, 2.24) is 4.98 Å². The van der Waals surface area contributed by atoms with Crippen molar-refractivity contribution in [2.45, 2.75) is 6.61 Å². The summed E-state index contributed by atoms with van der Waals surface area (Å²) in [6.45, 7) is 0.230. The zero-order valence-electron chi connectivity index (χ0n) is 8.86. The Kier molecular flexibility index (Phi) is 3.58. The lowest BCUT2D eigenvalue weighted by Gasteiger charge is -2.09. The van der Waals surface area contributed by atoms with Crippen LogP contribution in [0.3, 0.4) is 0 Å². The molecular formula is C12H10BrFN2O. The number of nitrogens with two attached hydrogens (primary N) is 1. The monoisotopic (exact) mass is 296 g/mol. The highest BCUT2D eigenvalue weighted by atomic mass is 79.9. The first kappa shape index (κ1) is 11.9. The number of hydrogen-bond acceptors (Lipinski definition) is 3. The van der Waals surface area contributed by atoms with E-state index in [1.165, 1.54) is 12.1 Å². The second kappa shape index (κ2) is 5.14. The van der Waals surface area contributed by atoms with Gasteiger partial charge in [0.15, 0.2) is 11.6 Å². The van der Waals surface area contributed by atoms with Crippen LogP contribution in [0.5, 0.6) is 5.75 Å². The highest BCUT2D eigenvalue weighted by Gasteiger charge is 2.05. The average Bonchev–Trinajstić information content (AvgIpc) is 2.32. The van der Waals surface area contributed by atoms with Crippen molar-refractivity contribution in [3.63, 3.8) is 0 Å². The molecule has 2 aromatic rings. The normalized spacial score (nSPS) is 10.2. The molecule has 0 atom stereocenters. The van der Waals surface area contributed by atoms with Gasteiger partial charge in [-0.05, 0) is 30.3 Å². The Hall–Kier alpha value is -1.62. The van der Waals surface area contributed by atoms with Crippen molar-refractivity contribution >= 4 is 21.7 Å². The molecule has 0 spiro atoms. The van der Waals surface area contributed by atoms with Crippen molar-refractivity contribution in [1.29, 1.82) is 0 Å². The van der Waals surface area contributed by atoms with Gasteiger partial charge in [-0.2, -0.15) is 0 Å². The summed E-state index contributed by atoms with van der Waals surface area (Å²) in [5.74, 6) is 0.509. The van der Waals surface area contributed by atoms with Crippen LogP contribution in [0.25, 0.3) is 0 Å². The van der Waals surface area contributed by atoms with Crippen LogP contribution in [-0.4, -0.2) is 4.98 Å². The molecule has 2 N–H and O–H groups in total. The second-order valence-corrected chi connectivity index (χ2v) is 4.27. The number of pyridine rings is 1. The van der Waals surface area contributed by atoms with Gasteiger partial charge in [-0.1, -0.05) is 15.9 Å². The molecule has 88 valence electrons. The maximum absolute atomic E-state index is 13.0. The van der Waals surface area contributed by atoms with E-state index in [-0.39, 0.29) is 12.4 Å². The molecule has 3 nitrogen and oxygen atoms in total. The fraction of sp³-hybridized carbons (Fsp3) is 0.0833. The van der Waals surface area contributed by atoms with Gasteiger partial charge >= 0.3 is 0 Å². The zero-order chi connectivity index (χ0) is 12.3. The maximum Gasteiger partial charge on any atom is 0.166 e. The van der Waals surface area contributed by atoms with Gasteiger partial charge in [0.2, 0.25) is 0 Å². The average molecular weight is 297 g/mol. The molecule has 5 heteroatoms. The van der Waals surface area contributed by atoms with E-state index in [1.54, 1.807) is 24.4 Å². The first-order valence-electron chi connectivity index (χ1n) is 4.94. The number of hydrogen-bond donors (Lipinski definition) is 1. The topological polar surface area (TPSA) is 48.1 Å². The first-order chi connectivity index (χ1) is 8.16. The summed E-state index contributed by atoms with van der Waals surface area (Å²) in [5, 5.41) is 0. The third-order valence-corrected chi connectivity index (χ3v) is 2.96. The number of nitrogen functional groups attached to an aromatic ring is 1. The molecule has 0 radical (unpaired) electrons. The smallest absolute Gasteiger partial charge is 0.166 e. The molecule has 0 aliphatic carbocycles. The molecule has 1 heterocycles. The fourth-order valence-corrected chi connectivity index (χ4v) is 1.70. The van der Waals surface area contributed by atoms with E-state index >= 15 is 0 Å². The quantitative estimate of drug-likeness (QED) is 0.946. The molecule has 1 aromatic heterocycles. The summed E-state index contributed by atoms with van der Waals surface area (Å²) in [7, 11) is 0. The van der Waals surface area contributed by atoms with Crippen molar-refractivity contribution < 1.29 is 9.13 Å². The lowest BCUT2D eigenvalue weighted by atomic mass is 10.2. The van der Waals surface area contributed by atoms with Crippen LogP contribution in [-0.2, 0) is 6.61 Å². The second-order valence-electron chi connectivity index (χ2n) is 3.41. The molecule has 0 aliphatic heterocycles. The van der Waals surface area contributed by atoms with Gasteiger partial charge in [-0.15, -0.1) is 0 Å². The molecule has 17 heavy (non-hydrogen) atoms. The summed E-state index contributed by atoms with van der Waals surface area (Å²) in [4.78, 5) is 3.90. The Morgan fingerprint density at radius 3 is 2.94 bits per heavy atom. The highest BCUT2D eigenvalue weighted by Crippen LogP contribution is 2.22. The maximum atomic E-state index is 13.0. The van der Waals surface area contributed by atoms with E-state index in [2.05, 4.69) is 20.9 Å². The van der Waals surface area contributed by atoms with Crippen LogP contribution in [0.1, 0.15) is 5.56 Å². The predicted molar refractivity (Wildman–Crippen MR) is 67.1 cm³/mol. The van der Waals surface area contributed by atoms with E-state index in [4.69, 9.17) is 10.5 Å². The fourth-order valence-electron chi connectivity index (χ4n) is 1.33. The lowest BCUT2D eigenvalue weighted by Crippen LogP contribution is -2.01. The molecule has 0 unspecified atom stereocenters. The molecule has 1 aromatic carbocycles. The van der Waals surface area contributed by atoms with Gasteiger partial charge in [-0.25, -0.2) is 9.37 Å². The molecule has 0 aliphatic rings. The molecule has 0 saturated heterocycles. The molecule has 0 bridgehead atoms. The van der Waals surface area contributed by atoms with Crippen LogP contribution >= 0.6 is 15.9 Å². The van der Waals surface area contributed by atoms with Crippen LogP contribution in [0.4, 0.5) is 10.2 Å². The molecule has 0 amide bonds. The van der Waals surface area contributed by atoms with Crippen LogP contribution in [0.15, 0.2) is 41.0 Å². The zero-order valence-corrected chi connectivity index (χ0v) is 10.4. The van der Waals surface area contributed by atoms with Gasteiger partial charge in [0, 0.05) is 16.2 Å². The first-order valence-corrected chi connectivity index (χ1v) is 5.73. The minimum atomic E-state index is -0.300. The summed E-state index contributed by atoms with van der Waals surface area (Å²) in [6.07, 6.45) is 1.58. The third-order valence-electron chi connectivity index (χ3n) is 2.19. The Bertz CT molecular complexity index is 534. The lowest BCUT2D eigenvalue weighted by molar-refractivity contribution is 0.305. The van der Waals surface area contributed by atoms with E-state index in [1.807, 2.05) is 0 Å². The van der Waals surface area contributed by atoms with E-state index in [0.717, 1.165) is 4.47 Å². The molecule has 2 rings (SSSR count). The molecule has 0 fully saturated rings. The van der Waals surface area contributed by atoms with Gasteiger partial charge in [0.1, 0.15) is 12.4 Å². The van der Waals surface area contributed by atoms with Gasteiger partial charge in [-0.3, -0.25) is 0 Å². The predicted octanol–water partition coefficient (Wildman–Crippen LogP) is 3.14. The minimum Gasteiger partial charge on any atom is -0.485 e. The van der Waals surface area contributed by atoms with Gasteiger partial charge < -0.3 is 10.5 Å². The summed E-state index contributed by atoms with van der Waals surface area (Å²) in [6, 6.07) is 7.88. The van der Waals surface area contributed by atoms with Gasteiger partial charge in [0.25, 0.3) is 0 Å². The van der Waals surface area contributed by atoms with E-state index in [0.29, 0.717) is 17.1 Å². The Morgan fingerprint density at radius 1 is 1.35 bits per heavy atom. The van der Waals surface area contributed by atoms with Crippen molar-refractivity contribution in [2.75, 3.05) is 5.73 Å². The number of anilines is 1. The van der Waals surface area contributed by atoms with Crippen LogP contribution in [0, 0.1) is 5.82 Å². The van der Waals surface area contributed by atoms with Crippen LogP contribution in [0.2, 0.25) is 0 Å². The summed E-state index contributed by atoms with van der Waals surface area (Å²) in [5.41, 5.74) is 6.35. The largest absolute Gasteiger partial charge is 0.485 e. The number of benzene rings is 1. The molecule has 0 saturated carbocycles. The number of nitrogens with zero attached hydrogens (tertiary/aromatic N) is 1. The number of ether oxygens (including phenoxy) is 1. The third kappa shape index (κ3) is 2.94. The molecular weight excluding hydrogens is 287 g/mol. The van der Waals surface area contributed by atoms with E-state index < -0.39 is 0 Å². The number of aromatic nitrogens is 1. The van der Waals surface area contributed by atoms with E-state index in [9.17, 15) is 4.39 Å². The summed E-state index contributed by atoms with van der Waals surface area (Å²) < 4.78 is 19.3. The van der Waals surface area contributed by atoms with Gasteiger partial charge in [0.05, 0.1) is 0 Å². The Balaban J connectivity index is 2.12. The van der Waals surface area contributed by atoms with Crippen LogP contribution < -0.4 is 10.5 Å². The Morgan fingerprint density at radius 2 is 2.18 bits per heavy atom. The standard InChI is InChI=1S/C12H10BrFN2O/c13-10-4-3-9(14)6-8(10)7-17-11-2-1-5-16-12(11)15/h1-6H,7H2,(H2,15,16). The van der Waals surface area contributed by atoms with Crippen molar-refractivity contribution in [2.24, 2.45) is 0 Å². The van der Waals surface area contributed by atoms with Crippen molar-refractivity contribution in [3.05, 3.63) is 52.4 Å².